The molecule has 0 saturated heterocycles. The second-order valence-corrected chi connectivity index (χ2v) is 6.68. The lowest BCUT2D eigenvalue weighted by molar-refractivity contribution is 0.601. The van der Waals surface area contributed by atoms with Crippen LogP contribution in [0.1, 0.15) is 5.56 Å². The molecule has 0 aromatic heterocycles. The minimum absolute atomic E-state index is 0.130. The maximum atomic E-state index is 12.1. The molecule has 0 aliphatic rings. The van der Waals surface area contributed by atoms with Gasteiger partial charge in [0.15, 0.2) is 0 Å². The van der Waals surface area contributed by atoms with Crippen LogP contribution >= 0.6 is 22.6 Å². The number of halogens is 1. The van der Waals surface area contributed by atoms with Gasteiger partial charge < -0.3 is 0 Å². The molecule has 0 fully saturated rings. The molecule has 6 heteroatoms. The fourth-order valence-electron chi connectivity index (χ4n) is 1.47. The van der Waals surface area contributed by atoms with Crippen molar-refractivity contribution in [1.82, 2.24) is 0 Å². The Hall–Kier alpha value is -1.59. The fourth-order valence-corrected chi connectivity index (χ4v) is 3.07. The summed E-state index contributed by atoms with van der Waals surface area (Å²) in [6.07, 6.45) is 0. The van der Waals surface area contributed by atoms with E-state index in [0.29, 0.717) is 11.3 Å². The van der Waals surface area contributed by atoms with Crippen molar-refractivity contribution in [3.8, 4) is 6.07 Å². The summed E-state index contributed by atoms with van der Waals surface area (Å²) in [6, 6.07) is 14.8. The lowest BCUT2D eigenvalue weighted by atomic mass is 10.2. The Bertz CT molecular complexity index is 734. The largest absolute Gasteiger partial charge is 0.280 e. The zero-order valence-electron chi connectivity index (χ0n) is 9.67. The molecule has 0 spiro atoms. The highest BCUT2D eigenvalue weighted by Crippen LogP contribution is 2.18. The molecule has 4 nitrogen and oxygen atoms in total. The third kappa shape index (κ3) is 3.45. The second kappa shape index (κ2) is 5.59. The predicted octanol–water partition coefficient (Wildman–Crippen LogP) is 2.96. The van der Waals surface area contributed by atoms with Crippen LogP contribution in [0.2, 0.25) is 0 Å². The van der Waals surface area contributed by atoms with E-state index in [2.05, 4.69) is 27.3 Å². The molecule has 0 unspecified atom stereocenters. The van der Waals surface area contributed by atoms with Gasteiger partial charge in [-0.3, -0.25) is 4.72 Å². The molecule has 0 bridgehead atoms. The summed E-state index contributed by atoms with van der Waals surface area (Å²) in [5.74, 6) is 0. The first kappa shape index (κ1) is 13.8. The number of anilines is 1. The Morgan fingerprint density at radius 1 is 1.11 bits per heavy atom. The number of nitrogens with one attached hydrogen (secondary N) is 1. The number of sulfonamides is 1. The molecular formula is C13H9IN2O2S. The van der Waals surface area contributed by atoms with Gasteiger partial charge in [0.25, 0.3) is 10.0 Å². The topological polar surface area (TPSA) is 70.0 Å². The smallest absolute Gasteiger partial charge is 0.261 e. The molecule has 96 valence electrons. The van der Waals surface area contributed by atoms with Crippen molar-refractivity contribution < 1.29 is 8.42 Å². The van der Waals surface area contributed by atoms with Gasteiger partial charge in [0.1, 0.15) is 0 Å². The van der Waals surface area contributed by atoms with Gasteiger partial charge in [-0.1, -0.05) is 6.07 Å². The molecule has 2 rings (SSSR count). The molecule has 0 aliphatic carbocycles. The molecule has 0 radical (unpaired) electrons. The van der Waals surface area contributed by atoms with Gasteiger partial charge >= 0.3 is 0 Å². The number of rotatable bonds is 3. The fraction of sp³-hybridized carbons (Fsp3) is 0. The van der Waals surface area contributed by atoms with Crippen LogP contribution in [0.15, 0.2) is 53.4 Å². The third-order valence-corrected chi connectivity index (χ3v) is 4.44. The van der Waals surface area contributed by atoms with E-state index in [4.69, 9.17) is 5.26 Å². The molecule has 19 heavy (non-hydrogen) atoms. The van der Waals surface area contributed by atoms with E-state index in [-0.39, 0.29) is 4.90 Å². The van der Waals surface area contributed by atoms with Gasteiger partial charge in [-0.15, -0.1) is 0 Å². The monoisotopic (exact) mass is 384 g/mol. The van der Waals surface area contributed by atoms with E-state index in [0.717, 1.165) is 3.57 Å². The zero-order chi connectivity index (χ0) is 13.9. The summed E-state index contributed by atoms with van der Waals surface area (Å²) in [7, 11) is -3.62. The molecule has 0 saturated carbocycles. The Morgan fingerprint density at radius 3 is 2.37 bits per heavy atom. The molecular weight excluding hydrogens is 375 g/mol. The Balaban J connectivity index is 2.30. The van der Waals surface area contributed by atoms with Crippen LogP contribution in [0.5, 0.6) is 0 Å². The minimum Gasteiger partial charge on any atom is -0.280 e. The standard InChI is InChI=1S/C13H9IN2O2S/c14-11-2-1-3-12(8-11)16-19(17,18)13-6-4-10(9-15)5-7-13/h1-8,16H. The molecule has 0 heterocycles. The minimum atomic E-state index is -3.62. The summed E-state index contributed by atoms with van der Waals surface area (Å²) in [4.78, 5) is 0.130. The number of nitrogens with zero attached hydrogens (tertiary/aromatic N) is 1. The number of benzene rings is 2. The van der Waals surface area contributed by atoms with Crippen molar-refractivity contribution in [3.63, 3.8) is 0 Å². The SMILES string of the molecule is N#Cc1ccc(S(=O)(=O)Nc2cccc(I)c2)cc1. The van der Waals surface area contributed by atoms with Gasteiger partial charge in [-0.05, 0) is 65.1 Å². The Morgan fingerprint density at radius 2 is 1.79 bits per heavy atom. The van der Waals surface area contributed by atoms with Crippen LogP contribution < -0.4 is 4.72 Å². The van der Waals surface area contributed by atoms with Gasteiger partial charge in [0, 0.05) is 9.26 Å². The van der Waals surface area contributed by atoms with E-state index in [1.165, 1.54) is 24.3 Å². The quantitative estimate of drug-likeness (QED) is 0.828. The van der Waals surface area contributed by atoms with E-state index in [1.54, 1.807) is 18.2 Å². The molecule has 0 atom stereocenters. The van der Waals surface area contributed by atoms with E-state index >= 15 is 0 Å². The number of nitriles is 1. The summed E-state index contributed by atoms with van der Waals surface area (Å²) >= 11 is 2.11. The van der Waals surface area contributed by atoms with Crippen LogP contribution in [0.4, 0.5) is 5.69 Å². The van der Waals surface area contributed by atoms with Crippen LogP contribution in [-0.4, -0.2) is 8.42 Å². The van der Waals surface area contributed by atoms with Crippen molar-refractivity contribution in [2.45, 2.75) is 4.90 Å². The summed E-state index contributed by atoms with van der Waals surface area (Å²) in [5, 5.41) is 8.68. The van der Waals surface area contributed by atoms with Crippen molar-refractivity contribution in [2.75, 3.05) is 4.72 Å². The highest BCUT2D eigenvalue weighted by atomic mass is 127. The van der Waals surface area contributed by atoms with Crippen LogP contribution in [-0.2, 0) is 10.0 Å². The lowest BCUT2D eigenvalue weighted by Crippen LogP contribution is -2.12. The number of hydrogen-bond donors (Lipinski definition) is 1. The summed E-state index contributed by atoms with van der Waals surface area (Å²) in [6.45, 7) is 0. The van der Waals surface area contributed by atoms with Gasteiger partial charge in [-0.25, -0.2) is 8.42 Å². The molecule has 2 aromatic carbocycles. The normalized spacial score (nSPS) is 10.7. The van der Waals surface area contributed by atoms with E-state index in [9.17, 15) is 8.42 Å². The first-order valence-corrected chi connectivity index (χ1v) is 7.86. The zero-order valence-corrected chi connectivity index (χ0v) is 12.6. The van der Waals surface area contributed by atoms with Crippen LogP contribution in [0.25, 0.3) is 0 Å². The van der Waals surface area contributed by atoms with Crippen molar-refractivity contribution in [3.05, 3.63) is 57.7 Å². The van der Waals surface area contributed by atoms with Crippen molar-refractivity contribution >= 4 is 38.3 Å². The maximum Gasteiger partial charge on any atom is 0.261 e. The van der Waals surface area contributed by atoms with E-state index in [1.807, 2.05) is 12.1 Å². The first-order chi connectivity index (χ1) is 9.01. The highest BCUT2D eigenvalue weighted by Gasteiger charge is 2.13. The van der Waals surface area contributed by atoms with Gasteiger partial charge in [0.05, 0.1) is 16.5 Å². The number of hydrogen-bond acceptors (Lipinski definition) is 3. The maximum absolute atomic E-state index is 12.1. The van der Waals surface area contributed by atoms with Crippen molar-refractivity contribution in [2.24, 2.45) is 0 Å². The average molecular weight is 384 g/mol. The molecule has 2 aromatic rings. The summed E-state index contributed by atoms with van der Waals surface area (Å²) < 4.78 is 27.7. The van der Waals surface area contributed by atoms with Crippen LogP contribution in [0.3, 0.4) is 0 Å². The Kier molecular flexibility index (Phi) is 4.07. The molecule has 1 N–H and O–H groups in total. The van der Waals surface area contributed by atoms with E-state index < -0.39 is 10.0 Å². The van der Waals surface area contributed by atoms with Crippen LogP contribution in [0, 0.1) is 14.9 Å². The third-order valence-electron chi connectivity index (χ3n) is 2.37. The summed E-state index contributed by atoms with van der Waals surface area (Å²) in [5.41, 5.74) is 0.935. The first-order valence-electron chi connectivity index (χ1n) is 5.30. The van der Waals surface area contributed by atoms with Crippen molar-refractivity contribution in [1.29, 1.82) is 5.26 Å². The lowest BCUT2D eigenvalue weighted by Gasteiger charge is -2.08. The molecule has 0 aliphatic heterocycles. The average Bonchev–Trinajstić information content (AvgIpc) is 2.38. The Labute approximate surface area is 125 Å². The molecule has 0 amide bonds. The van der Waals surface area contributed by atoms with Gasteiger partial charge in [-0.2, -0.15) is 5.26 Å². The highest BCUT2D eigenvalue weighted by molar-refractivity contribution is 14.1. The van der Waals surface area contributed by atoms with Gasteiger partial charge in [0.2, 0.25) is 0 Å². The predicted molar refractivity (Wildman–Crippen MR) is 81.1 cm³/mol. The second-order valence-electron chi connectivity index (χ2n) is 3.75.